The van der Waals surface area contributed by atoms with Gasteiger partial charge in [-0.15, -0.1) is 0 Å². The molecule has 7 nitrogen and oxygen atoms in total. The fourth-order valence-corrected chi connectivity index (χ4v) is 5.64. The van der Waals surface area contributed by atoms with Crippen LogP contribution >= 0.6 is 22.9 Å². The van der Waals surface area contributed by atoms with Crippen LogP contribution in [-0.4, -0.2) is 37.5 Å². The molecule has 2 amide bonds. The third-order valence-electron chi connectivity index (χ3n) is 5.19. The van der Waals surface area contributed by atoms with Crippen molar-refractivity contribution in [2.75, 3.05) is 22.5 Å². The molecule has 0 bridgehead atoms. The fraction of sp³-hybridized carbons (Fsp3) is 0.227. The fourth-order valence-electron chi connectivity index (χ4n) is 3.44. The van der Waals surface area contributed by atoms with E-state index < -0.39 is 21.6 Å². The van der Waals surface area contributed by atoms with Gasteiger partial charge in [0.25, 0.3) is 5.91 Å². The van der Waals surface area contributed by atoms with E-state index in [4.69, 9.17) is 11.6 Å². The molecule has 1 aliphatic rings. The predicted molar refractivity (Wildman–Crippen MR) is 125 cm³/mol. The monoisotopic (exact) mass is 507 g/mol. The standard InChI is InChI=1S/C22H19ClFN3O4S2/c1-2-33(30,31)16-7-6-13(17(23)12-16)10-19(28)26-22-25-18-8-9-27(21(29)20(18)32-22)15-5-3-4-14(24)11-15/h3-7,11-12H,2,8-10H2,1H3,(H,25,26,28). The normalized spacial score (nSPS) is 13.7. The molecular formula is C22H19ClFN3O4S2. The molecule has 0 saturated carbocycles. The molecule has 172 valence electrons. The van der Waals surface area contributed by atoms with Crippen LogP contribution in [0.2, 0.25) is 5.02 Å². The second kappa shape index (κ2) is 9.20. The van der Waals surface area contributed by atoms with Gasteiger partial charge < -0.3 is 10.2 Å². The molecule has 2 aromatic carbocycles. The molecule has 2 heterocycles. The second-order valence-corrected chi connectivity index (χ2v) is 11.0. The summed E-state index contributed by atoms with van der Waals surface area (Å²) in [6.07, 6.45) is 0.391. The van der Waals surface area contributed by atoms with E-state index in [1.54, 1.807) is 19.1 Å². The van der Waals surface area contributed by atoms with Crippen molar-refractivity contribution in [3.63, 3.8) is 0 Å². The van der Waals surface area contributed by atoms with Crippen molar-refractivity contribution < 1.29 is 22.4 Å². The summed E-state index contributed by atoms with van der Waals surface area (Å²) in [7, 11) is -3.40. The first kappa shape index (κ1) is 23.3. The van der Waals surface area contributed by atoms with Gasteiger partial charge in [-0.3, -0.25) is 9.59 Å². The molecule has 0 radical (unpaired) electrons. The van der Waals surface area contributed by atoms with E-state index in [9.17, 15) is 22.4 Å². The van der Waals surface area contributed by atoms with Crippen LogP contribution in [0.25, 0.3) is 0 Å². The number of thiazole rings is 1. The maximum absolute atomic E-state index is 13.6. The highest BCUT2D eigenvalue weighted by Gasteiger charge is 2.30. The van der Waals surface area contributed by atoms with Crippen LogP contribution in [0.4, 0.5) is 15.2 Å². The van der Waals surface area contributed by atoms with Gasteiger partial charge in [-0.05, 0) is 35.9 Å². The van der Waals surface area contributed by atoms with Crippen molar-refractivity contribution >= 4 is 55.4 Å². The topological polar surface area (TPSA) is 96.4 Å². The zero-order chi connectivity index (χ0) is 23.8. The third kappa shape index (κ3) is 4.92. The van der Waals surface area contributed by atoms with E-state index in [-0.39, 0.29) is 33.1 Å². The summed E-state index contributed by atoms with van der Waals surface area (Å²) >= 11 is 7.25. The van der Waals surface area contributed by atoms with Crippen LogP contribution in [0.5, 0.6) is 0 Å². The Hall–Kier alpha value is -2.82. The van der Waals surface area contributed by atoms with Crippen molar-refractivity contribution in [1.29, 1.82) is 0 Å². The number of halogens is 2. The van der Waals surface area contributed by atoms with Gasteiger partial charge in [0, 0.05) is 23.7 Å². The van der Waals surface area contributed by atoms with Crippen LogP contribution in [-0.2, 0) is 27.5 Å². The van der Waals surface area contributed by atoms with Gasteiger partial charge in [0.05, 0.1) is 22.8 Å². The molecule has 33 heavy (non-hydrogen) atoms. The number of benzene rings is 2. The van der Waals surface area contributed by atoms with Crippen molar-refractivity contribution in [3.8, 4) is 0 Å². The lowest BCUT2D eigenvalue weighted by Crippen LogP contribution is -2.36. The van der Waals surface area contributed by atoms with Crippen LogP contribution in [0.3, 0.4) is 0 Å². The SMILES string of the molecule is CCS(=O)(=O)c1ccc(CC(=O)Nc2nc3c(s2)C(=O)N(c2cccc(F)c2)CC3)c(Cl)c1. The van der Waals surface area contributed by atoms with Crippen LogP contribution in [0.15, 0.2) is 47.4 Å². The minimum atomic E-state index is -3.40. The Labute approximate surface area is 199 Å². The van der Waals surface area contributed by atoms with Crippen molar-refractivity contribution in [2.24, 2.45) is 0 Å². The molecule has 0 saturated heterocycles. The number of anilines is 2. The van der Waals surface area contributed by atoms with Crippen LogP contribution in [0, 0.1) is 5.82 Å². The number of nitrogens with one attached hydrogen (secondary N) is 1. The number of carbonyl (C=O) groups excluding carboxylic acids is 2. The molecule has 1 aromatic heterocycles. The average Bonchev–Trinajstić information content (AvgIpc) is 3.18. The Morgan fingerprint density at radius 3 is 2.76 bits per heavy atom. The Morgan fingerprint density at radius 2 is 2.06 bits per heavy atom. The van der Waals surface area contributed by atoms with E-state index in [0.29, 0.717) is 34.8 Å². The number of nitrogens with zero attached hydrogens (tertiary/aromatic N) is 2. The smallest absolute Gasteiger partial charge is 0.270 e. The Balaban J connectivity index is 1.47. The van der Waals surface area contributed by atoms with Gasteiger partial charge in [0.1, 0.15) is 10.7 Å². The minimum Gasteiger partial charge on any atom is -0.307 e. The van der Waals surface area contributed by atoms with Crippen molar-refractivity contribution in [2.45, 2.75) is 24.7 Å². The summed E-state index contributed by atoms with van der Waals surface area (Å²) in [6, 6.07) is 10.1. The number of carbonyl (C=O) groups is 2. The lowest BCUT2D eigenvalue weighted by Gasteiger charge is -2.25. The zero-order valence-electron chi connectivity index (χ0n) is 17.5. The summed E-state index contributed by atoms with van der Waals surface area (Å²) in [5.41, 5.74) is 1.52. The van der Waals surface area contributed by atoms with Gasteiger partial charge in [-0.2, -0.15) is 0 Å². The summed E-state index contributed by atoms with van der Waals surface area (Å²) in [4.78, 5) is 31.8. The first-order chi connectivity index (χ1) is 15.7. The number of hydrogen-bond donors (Lipinski definition) is 1. The number of rotatable bonds is 6. The van der Waals surface area contributed by atoms with Gasteiger partial charge in [0.2, 0.25) is 5.91 Å². The highest BCUT2D eigenvalue weighted by Crippen LogP contribution is 2.31. The Morgan fingerprint density at radius 1 is 1.27 bits per heavy atom. The summed E-state index contributed by atoms with van der Waals surface area (Å²) in [5.74, 6) is -1.17. The third-order valence-corrected chi connectivity index (χ3v) is 8.28. The van der Waals surface area contributed by atoms with E-state index in [0.717, 1.165) is 11.3 Å². The number of fused-ring (bicyclic) bond motifs is 1. The van der Waals surface area contributed by atoms with Crippen LogP contribution in [0.1, 0.15) is 27.9 Å². The molecule has 0 fully saturated rings. The molecular weight excluding hydrogens is 489 g/mol. The van der Waals surface area contributed by atoms with E-state index in [1.165, 1.54) is 35.2 Å². The molecule has 1 aliphatic heterocycles. The number of aromatic nitrogens is 1. The average molecular weight is 508 g/mol. The minimum absolute atomic E-state index is 0.0484. The highest BCUT2D eigenvalue weighted by molar-refractivity contribution is 7.91. The summed E-state index contributed by atoms with van der Waals surface area (Å²) in [5, 5.41) is 3.13. The zero-order valence-corrected chi connectivity index (χ0v) is 19.9. The molecule has 0 unspecified atom stereocenters. The number of amides is 2. The number of sulfone groups is 1. The highest BCUT2D eigenvalue weighted by atomic mass is 35.5. The van der Waals surface area contributed by atoms with E-state index >= 15 is 0 Å². The largest absolute Gasteiger partial charge is 0.307 e. The Kier molecular flexibility index (Phi) is 6.51. The predicted octanol–water partition coefficient (Wildman–Crippen LogP) is 4.11. The van der Waals surface area contributed by atoms with Gasteiger partial charge in [0.15, 0.2) is 15.0 Å². The van der Waals surface area contributed by atoms with Gasteiger partial charge in [-0.25, -0.2) is 17.8 Å². The molecule has 0 spiro atoms. The maximum Gasteiger partial charge on any atom is 0.270 e. The molecule has 0 aliphatic carbocycles. The maximum atomic E-state index is 13.6. The summed E-state index contributed by atoms with van der Waals surface area (Å²) < 4.78 is 37.5. The first-order valence-electron chi connectivity index (χ1n) is 10.1. The quantitative estimate of drug-likeness (QED) is 0.541. The second-order valence-electron chi connectivity index (χ2n) is 7.36. The molecule has 1 N–H and O–H groups in total. The first-order valence-corrected chi connectivity index (χ1v) is 12.9. The van der Waals surface area contributed by atoms with Crippen molar-refractivity contribution in [3.05, 3.63) is 69.4 Å². The van der Waals surface area contributed by atoms with Crippen molar-refractivity contribution in [1.82, 2.24) is 4.98 Å². The van der Waals surface area contributed by atoms with Gasteiger partial charge in [-0.1, -0.05) is 42.0 Å². The molecule has 11 heteroatoms. The van der Waals surface area contributed by atoms with Crippen LogP contribution < -0.4 is 10.2 Å². The lowest BCUT2D eigenvalue weighted by atomic mass is 10.1. The molecule has 0 atom stereocenters. The van der Waals surface area contributed by atoms with E-state index in [2.05, 4.69) is 10.3 Å². The van der Waals surface area contributed by atoms with Gasteiger partial charge >= 0.3 is 0 Å². The summed E-state index contributed by atoms with van der Waals surface area (Å²) in [6.45, 7) is 1.90. The molecule has 4 rings (SSSR count). The lowest BCUT2D eigenvalue weighted by molar-refractivity contribution is -0.115. The Bertz CT molecular complexity index is 1360. The number of hydrogen-bond acceptors (Lipinski definition) is 6. The van der Waals surface area contributed by atoms with E-state index in [1.807, 2.05) is 0 Å². The molecule has 3 aromatic rings.